The number of para-hydroxylation sites is 1. The summed E-state index contributed by atoms with van der Waals surface area (Å²) in [5, 5.41) is 12.6. The largest absolute Gasteiger partial charge is 0.488 e. The average molecular weight is 425 g/mol. The second kappa shape index (κ2) is 7.36. The molecule has 0 unspecified atom stereocenters. The van der Waals surface area contributed by atoms with Crippen LogP contribution >= 0.6 is 15.9 Å². The molecular weight excluding hydrogens is 408 g/mol. The molecule has 0 aliphatic heterocycles. The Bertz CT molecular complexity index is 1070. The topological polar surface area (TPSA) is 66.0 Å². The summed E-state index contributed by atoms with van der Waals surface area (Å²) in [4.78, 5) is 0. The first kappa shape index (κ1) is 17.5. The van der Waals surface area contributed by atoms with Crippen molar-refractivity contribution < 1.29 is 9.15 Å². The zero-order chi connectivity index (χ0) is 18.8. The van der Waals surface area contributed by atoms with E-state index in [0.29, 0.717) is 18.4 Å². The number of benzene rings is 2. The smallest absolute Gasteiger partial charge is 0.251 e. The van der Waals surface area contributed by atoms with Crippen molar-refractivity contribution in [1.29, 1.82) is 0 Å². The van der Waals surface area contributed by atoms with Crippen LogP contribution in [-0.2, 0) is 13.7 Å². The van der Waals surface area contributed by atoms with Crippen molar-refractivity contribution in [2.75, 3.05) is 0 Å². The van der Waals surface area contributed by atoms with Gasteiger partial charge in [-0.2, -0.15) is 5.10 Å². The Kier molecular flexibility index (Phi) is 4.77. The summed E-state index contributed by atoms with van der Waals surface area (Å²) < 4.78 is 14.3. The fourth-order valence-corrected chi connectivity index (χ4v) is 3.12. The lowest BCUT2D eigenvalue weighted by Gasteiger charge is -2.08. The molecule has 2 aromatic carbocycles. The highest BCUT2D eigenvalue weighted by Crippen LogP contribution is 2.27. The summed E-state index contributed by atoms with van der Waals surface area (Å²) in [5.74, 6) is 1.76. The first-order valence-electron chi connectivity index (χ1n) is 8.41. The molecule has 0 bridgehead atoms. The quantitative estimate of drug-likeness (QED) is 0.460. The van der Waals surface area contributed by atoms with Crippen molar-refractivity contribution in [3.63, 3.8) is 0 Å². The van der Waals surface area contributed by atoms with Gasteiger partial charge in [-0.15, -0.1) is 10.2 Å². The van der Waals surface area contributed by atoms with Gasteiger partial charge in [0.25, 0.3) is 5.89 Å². The highest BCUT2D eigenvalue weighted by molar-refractivity contribution is 9.10. The van der Waals surface area contributed by atoms with E-state index in [4.69, 9.17) is 9.15 Å². The first-order chi connectivity index (χ1) is 13.1. The maximum absolute atomic E-state index is 5.84. The van der Waals surface area contributed by atoms with Crippen LogP contribution in [0.15, 0.2) is 63.6 Å². The monoisotopic (exact) mass is 424 g/mol. The zero-order valence-corrected chi connectivity index (χ0v) is 16.5. The van der Waals surface area contributed by atoms with Gasteiger partial charge in [0.1, 0.15) is 12.4 Å². The van der Waals surface area contributed by atoms with Crippen LogP contribution < -0.4 is 4.74 Å². The summed E-state index contributed by atoms with van der Waals surface area (Å²) in [6.45, 7) is 2.39. The molecule has 0 saturated heterocycles. The van der Waals surface area contributed by atoms with Crippen LogP contribution in [0.25, 0.3) is 22.9 Å². The molecule has 0 spiro atoms. The summed E-state index contributed by atoms with van der Waals surface area (Å²) in [6, 6.07) is 15.7. The van der Waals surface area contributed by atoms with Gasteiger partial charge in [-0.05, 0) is 52.7 Å². The van der Waals surface area contributed by atoms with Crippen LogP contribution in [0.5, 0.6) is 5.75 Å². The van der Waals surface area contributed by atoms with E-state index in [-0.39, 0.29) is 0 Å². The van der Waals surface area contributed by atoms with Gasteiger partial charge in [0.2, 0.25) is 5.89 Å². The molecule has 0 aliphatic rings. The van der Waals surface area contributed by atoms with Gasteiger partial charge in [-0.3, -0.25) is 4.68 Å². The number of hydrogen-bond donors (Lipinski definition) is 0. The van der Waals surface area contributed by atoms with Gasteiger partial charge in [0.05, 0.1) is 15.7 Å². The Hall–Kier alpha value is -2.93. The third kappa shape index (κ3) is 3.78. The molecule has 0 N–H and O–H groups in total. The number of halogens is 1. The van der Waals surface area contributed by atoms with Crippen LogP contribution in [0.2, 0.25) is 0 Å². The Balaban J connectivity index is 1.48. The molecule has 0 aliphatic carbocycles. The Morgan fingerprint density at radius 2 is 1.78 bits per heavy atom. The van der Waals surface area contributed by atoms with Crippen LogP contribution in [0.3, 0.4) is 0 Å². The van der Waals surface area contributed by atoms with E-state index in [9.17, 15) is 0 Å². The minimum Gasteiger partial charge on any atom is -0.488 e. The standard InChI is InChI=1S/C20H17BrN4O2/c1-13-16(11-25(2)24-13)20-23-22-19(27-20)15-9-7-14(8-10-15)12-26-18-6-4-3-5-17(18)21/h3-11H,12H2,1-2H3. The lowest BCUT2D eigenvalue weighted by molar-refractivity contribution is 0.304. The average Bonchev–Trinajstić information content (AvgIpc) is 3.28. The highest BCUT2D eigenvalue weighted by Gasteiger charge is 2.14. The van der Waals surface area contributed by atoms with Gasteiger partial charge in [-0.25, -0.2) is 0 Å². The van der Waals surface area contributed by atoms with Gasteiger partial charge in [0, 0.05) is 18.8 Å². The number of hydrogen-bond acceptors (Lipinski definition) is 5. The molecule has 0 fully saturated rings. The second-order valence-corrected chi connectivity index (χ2v) is 6.98. The van der Waals surface area contributed by atoms with Crippen molar-refractivity contribution in [1.82, 2.24) is 20.0 Å². The molecular formula is C20H17BrN4O2. The van der Waals surface area contributed by atoms with Gasteiger partial charge < -0.3 is 9.15 Å². The Morgan fingerprint density at radius 3 is 2.48 bits per heavy atom. The molecule has 136 valence electrons. The zero-order valence-electron chi connectivity index (χ0n) is 14.9. The number of aromatic nitrogens is 4. The van der Waals surface area contributed by atoms with E-state index in [0.717, 1.165) is 32.6 Å². The number of aryl methyl sites for hydroxylation is 2. The third-order valence-electron chi connectivity index (χ3n) is 4.10. The second-order valence-electron chi connectivity index (χ2n) is 6.13. The van der Waals surface area contributed by atoms with Crippen LogP contribution in [-0.4, -0.2) is 20.0 Å². The molecule has 0 atom stereocenters. The van der Waals surface area contributed by atoms with E-state index < -0.39 is 0 Å². The lowest BCUT2D eigenvalue weighted by atomic mass is 10.1. The minimum absolute atomic E-state index is 0.469. The van der Waals surface area contributed by atoms with Crippen molar-refractivity contribution in [3.8, 4) is 28.7 Å². The minimum atomic E-state index is 0.469. The van der Waals surface area contributed by atoms with Crippen LogP contribution in [0.4, 0.5) is 0 Å². The van der Waals surface area contributed by atoms with Crippen molar-refractivity contribution >= 4 is 15.9 Å². The highest BCUT2D eigenvalue weighted by atomic mass is 79.9. The summed E-state index contributed by atoms with van der Waals surface area (Å²) >= 11 is 3.48. The summed E-state index contributed by atoms with van der Waals surface area (Å²) in [5.41, 5.74) is 3.61. The molecule has 6 nitrogen and oxygen atoms in total. The van der Waals surface area contributed by atoms with Gasteiger partial charge in [0.15, 0.2) is 0 Å². The number of rotatable bonds is 5. The fourth-order valence-electron chi connectivity index (χ4n) is 2.72. The Morgan fingerprint density at radius 1 is 1.04 bits per heavy atom. The molecule has 2 heterocycles. The fraction of sp³-hybridized carbons (Fsp3) is 0.150. The maximum atomic E-state index is 5.84. The normalized spacial score (nSPS) is 10.9. The van der Waals surface area contributed by atoms with Crippen LogP contribution in [0, 0.1) is 6.92 Å². The third-order valence-corrected chi connectivity index (χ3v) is 4.76. The van der Waals surface area contributed by atoms with Crippen LogP contribution in [0.1, 0.15) is 11.3 Å². The molecule has 4 rings (SSSR count). The number of nitrogens with zero attached hydrogens (tertiary/aromatic N) is 4. The van der Waals surface area contributed by atoms with E-state index >= 15 is 0 Å². The van der Waals surface area contributed by atoms with Crippen molar-refractivity contribution in [2.45, 2.75) is 13.5 Å². The van der Waals surface area contributed by atoms with E-state index in [1.54, 1.807) is 4.68 Å². The molecule has 2 aromatic heterocycles. The summed E-state index contributed by atoms with van der Waals surface area (Å²) in [6.07, 6.45) is 1.87. The van der Waals surface area contributed by atoms with Crippen molar-refractivity contribution in [2.24, 2.45) is 7.05 Å². The molecule has 0 amide bonds. The molecule has 0 radical (unpaired) electrons. The van der Waals surface area contributed by atoms with Gasteiger partial charge in [-0.1, -0.05) is 24.3 Å². The van der Waals surface area contributed by atoms with Gasteiger partial charge >= 0.3 is 0 Å². The predicted octanol–water partition coefficient (Wildman–Crippen LogP) is 4.79. The van der Waals surface area contributed by atoms with E-state index in [2.05, 4.69) is 31.2 Å². The first-order valence-corrected chi connectivity index (χ1v) is 9.20. The molecule has 7 heteroatoms. The predicted molar refractivity (Wildman–Crippen MR) is 105 cm³/mol. The Labute approximate surface area is 164 Å². The summed E-state index contributed by atoms with van der Waals surface area (Å²) in [7, 11) is 1.86. The molecule has 27 heavy (non-hydrogen) atoms. The number of ether oxygens (including phenoxy) is 1. The SMILES string of the molecule is Cc1nn(C)cc1-c1nnc(-c2ccc(COc3ccccc3Br)cc2)o1. The van der Waals surface area contributed by atoms with E-state index in [1.807, 2.05) is 68.7 Å². The molecule has 4 aromatic rings. The molecule has 0 saturated carbocycles. The van der Waals surface area contributed by atoms with Crippen molar-refractivity contribution in [3.05, 3.63) is 70.5 Å². The maximum Gasteiger partial charge on any atom is 0.251 e. The van der Waals surface area contributed by atoms with E-state index in [1.165, 1.54) is 0 Å². The lowest BCUT2D eigenvalue weighted by Crippen LogP contribution is -1.95.